The average molecular weight is 401 g/mol. The maximum atomic E-state index is 15.8. The summed E-state index contributed by atoms with van der Waals surface area (Å²) in [6.45, 7) is 2.14. The van der Waals surface area contributed by atoms with E-state index in [2.05, 4.69) is 13.0 Å². The lowest BCUT2D eigenvalue weighted by Gasteiger charge is -2.23. The predicted octanol–water partition coefficient (Wildman–Crippen LogP) is 8.63. The summed E-state index contributed by atoms with van der Waals surface area (Å²) in [6, 6.07) is 28.5. The Hall–Kier alpha value is -3.00. The minimum atomic E-state index is -1.06. The Morgan fingerprint density at radius 1 is 0.700 bits per heavy atom. The summed E-state index contributed by atoms with van der Waals surface area (Å²) in [5.41, 5.74) is 3.71. The largest absolute Gasteiger partial charge is 0.242 e. The molecule has 0 N–H and O–H groups in total. The zero-order valence-electron chi connectivity index (χ0n) is 17.2. The molecular weight excluding hydrogens is 374 g/mol. The van der Waals surface area contributed by atoms with Gasteiger partial charge in [0.1, 0.15) is 12.0 Å². The Kier molecular flexibility index (Phi) is 6.23. The zero-order chi connectivity index (χ0) is 20.9. The van der Waals surface area contributed by atoms with E-state index in [4.69, 9.17) is 0 Å². The monoisotopic (exact) mass is 400 g/mol. The lowest BCUT2D eigenvalue weighted by Crippen LogP contribution is -2.08. The van der Waals surface area contributed by atoms with E-state index in [0.717, 1.165) is 52.3 Å². The highest BCUT2D eigenvalue weighted by atomic mass is 19.1. The number of unbranched alkanes of at least 4 members (excludes halogenated alkanes) is 1. The van der Waals surface area contributed by atoms with Crippen molar-refractivity contribution in [3.05, 3.63) is 108 Å². The SMILES string of the molecule is CCCCC(c1ccc(-c2ccc(F)cc2)cc1)C(F)c1ccc2ccccc2c1. The Morgan fingerprint density at radius 3 is 1.97 bits per heavy atom. The van der Waals surface area contributed by atoms with Crippen molar-refractivity contribution in [3.8, 4) is 11.1 Å². The van der Waals surface area contributed by atoms with Crippen LogP contribution in [0.3, 0.4) is 0 Å². The number of hydrogen-bond acceptors (Lipinski definition) is 0. The van der Waals surface area contributed by atoms with Crippen molar-refractivity contribution in [1.82, 2.24) is 0 Å². The van der Waals surface area contributed by atoms with Gasteiger partial charge in [0.15, 0.2) is 0 Å². The molecule has 2 atom stereocenters. The molecule has 0 aliphatic rings. The summed E-state index contributed by atoms with van der Waals surface area (Å²) >= 11 is 0. The standard InChI is InChI=1S/C28H26F2/c1-2-3-8-27(28(30)25-14-11-20-6-4-5-7-24(20)19-25)23-12-9-21(10-13-23)22-15-17-26(29)18-16-22/h4-7,9-19,27-28H,2-3,8H2,1H3. The molecule has 0 radical (unpaired) electrons. The molecule has 0 nitrogen and oxygen atoms in total. The predicted molar refractivity (Wildman–Crippen MR) is 122 cm³/mol. The molecule has 0 saturated heterocycles. The summed E-state index contributed by atoms with van der Waals surface area (Å²) < 4.78 is 29.0. The molecule has 0 saturated carbocycles. The number of fused-ring (bicyclic) bond motifs is 1. The molecule has 0 fully saturated rings. The van der Waals surface area contributed by atoms with Crippen molar-refractivity contribution in [3.63, 3.8) is 0 Å². The quantitative estimate of drug-likeness (QED) is 0.291. The topological polar surface area (TPSA) is 0 Å². The molecule has 0 aliphatic carbocycles. The molecule has 0 aliphatic heterocycles. The van der Waals surface area contributed by atoms with Crippen LogP contribution in [0.25, 0.3) is 21.9 Å². The third-order valence-corrected chi connectivity index (χ3v) is 5.83. The van der Waals surface area contributed by atoms with E-state index in [1.807, 2.05) is 60.7 Å². The van der Waals surface area contributed by atoms with Crippen LogP contribution in [-0.2, 0) is 0 Å². The molecule has 0 aromatic heterocycles. The second-order valence-corrected chi connectivity index (χ2v) is 7.89. The molecule has 4 aromatic carbocycles. The van der Waals surface area contributed by atoms with Gasteiger partial charge in [-0.1, -0.05) is 92.6 Å². The van der Waals surface area contributed by atoms with Gasteiger partial charge in [0, 0.05) is 5.92 Å². The van der Waals surface area contributed by atoms with E-state index >= 15 is 4.39 Å². The molecule has 0 heterocycles. The van der Waals surface area contributed by atoms with Gasteiger partial charge in [-0.25, -0.2) is 8.78 Å². The highest BCUT2D eigenvalue weighted by Gasteiger charge is 2.24. The Bertz CT molecular complexity index is 1100. The molecule has 2 heteroatoms. The van der Waals surface area contributed by atoms with E-state index in [9.17, 15) is 4.39 Å². The Morgan fingerprint density at radius 2 is 1.30 bits per heavy atom. The number of halogens is 2. The van der Waals surface area contributed by atoms with Crippen LogP contribution in [-0.4, -0.2) is 0 Å². The van der Waals surface area contributed by atoms with E-state index < -0.39 is 6.17 Å². The van der Waals surface area contributed by atoms with Crippen LogP contribution in [0, 0.1) is 5.82 Å². The normalized spacial score (nSPS) is 13.3. The van der Waals surface area contributed by atoms with Gasteiger partial charge in [0.05, 0.1) is 0 Å². The first-order chi connectivity index (χ1) is 14.7. The second-order valence-electron chi connectivity index (χ2n) is 7.89. The summed E-state index contributed by atoms with van der Waals surface area (Å²) in [4.78, 5) is 0. The van der Waals surface area contributed by atoms with Gasteiger partial charge < -0.3 is 0 Å². The van der Waals surface area contributed by atoms with E-state index in [1.165, 1.54) is 12.1 Å². The molecular formula is C28H26F2. The van der Waals surface area contributed by atoms with E-state index in [-0.39, 0.29) is 11.7 Å². The van der Waals surface area contributed by atoms with Crippen LogP contribution in [0.15, 0.2) is 91.0 Å². The van der Waals surface area contributed by atoms with Gasteiger partial charge in [-0.2, -0.15) is 0 Å². The first-order valence-corrected chi connectivity index (χ1v) is 10.6. The number of hydrogen-bond donors (Lipinski definition) is 0. The van der Waals surface area contributed by atoms with Gasteiger partial charge >= 0.3 is 0 Å². The van der Waals surface area contributed by atoms with Gasteiger partial charge in [-0.3, -0.25) is 0 Å². The van der Waals surface area contributed by atoms with Gasteiger partial charge in [-0.05, 0) is 57.6 Å². The molecule has 0 bridgehead atoms. The number of rotatable bonds is 7. The third kappa shape index (κ3) is 4.43. The van der Waals surface area contributed by atoms with E-state index in [1.54, 1.807) is 12.1 Å². The van der Waals surface area contributed by atoms with Crippen molar-refractivity contribution in [2.75, 3.05) is 0 Å². The van der Waals surface area contributed by atoms with Crippen LogP contribution in [0.4, 0.5) is 8.78 Å². The summed E-state index contributed by atoms with van der Waals surface area (Å²) in [5, 5.41) is 2.20. The smallest absolute Gasteiger partial charge is 0.132 e. The first kappa shape index (κ1) is 20.3. The fourth-order valence-electron chi connectivity index (χ4n) is 4.08. The summed E-state index contributed by atoms with van der Waals surface area (Å²) in [5.74, 6) is -0.431. The highest BCUT2D eigenvalue weighted by Crippen LogP contribution is 2.39. The second kappa shape index (κ2) is 9.21. The number of alkyl halides is 1. The van der Waals surface area contributed by atoms with Crippen molar-refractivity contribution in [2.24, 2.45) is 0 Å². The molecule has 4 rings (SSSR count). The van der Waals surface area contributed by atoms with Crippen LogP contribution in [0.5, 0.6) is 0 Å². The van der Waals surface area contributed by atoms with Crippen molar-refractivity contribution in [2.45, 2.75) is 38.3 Å². The fraction of sp³-hybridized carbons (Fsp3) is 0.214. The molecule has 152 valence electrons. The lowest BCUT2D eigenvalue weighted by molar-refractivity contribution is 0.274. The van der Waals surface area contributed by atoms with Gasteiger partial charge in [0.25, 0.3) is 0 Å². The van der Waals surface area contributed by atoms with Crippen molar-refractivity contribution >= 4 is 10.8 Å². The molecule has 4 aromatic rings. The van der Waals surface area contributed by atoms with E-state index in [0.29, 0.717) is 0 Å². The minimum absolute atomic E-state index is 0.187. The van der Waals surface area contributed by atoms with Gasteiger partial charge in [-0.15, -0.1) is 0 Å². The zero-order valence-corrected chi connectivity index (χ0v) is 17.2. The number of benzene rings is 4. The fourth-order valence-corrected chi connectivity index (χ4v) is 4.08. The average Bonchev–Trinajstić information content (AvgIpc) is 2.80. The maximum Gasteiger partial charge on any atom is 0.132 e. The molecule has 2 unspecified atom stereocenters. The summed E-state index contributed by atoms with van der Waals surface area (Å²) in [6.07, 6.45) is 1.77. The summed E-state index contributed by atoms with van der Waals surface area (Å²) in [7, 11) is 0. The Balaban J connectivity index is 1.63. The highest BCUT2D eigenvalue weighted by molar-refractivity contribution is 5.83. The van der Waals surface area contributed by atoms with Crippen LogP contribution < -0.4 is 0 Å². The first-order valence-electron chi connectivity index (χ1n) is 10.6. The van der Waals surface area contributed by atoms with Crippen molar-refractivity contribution in [1.29, 1.82) is 0 Å². The lowest BCUT2D eigenvalue weighted by atomic mass is 9.85. The van der Waals surface area contributed by atoms with Crippen LogP contribution in [0.1, 0.15) is 49.4 Å². The molecule has 0 amide bonds. The van der Waals surface area contributed by atoms with Crippen LogP contribution in [0.2, 0.25) is 0 Å². The van der Waals surface area contributed by atoms with Crippen molar-refractivity contribution < 1.29 is 8.78 Å². The Labute approximate surface area is 177 Å². The third-order valence-electron chi connectivity index (χ3n) is 5.83. The molecule has 30 heavy (non-hydrogen) atoms. The molecule has 0 spiro atoms. The maximum absolute atomic E-state index is 15.8. The van der Waals surface area contributed by atoms with Crippen LogP contribution >= 0.6 is 0 Å². The van der Waals surface area contributed by atoms with Gasteiger partial charge in [0.2, 0.25) is 0 Å². The minimum Gasteiger partial charge on any atom is -0.242 e.